The van der Waals surface area contributed by atoms with E-state index < -0.39 is 21.8 Å². The van der Waals surface area contributed by atoms with Crippen molar-refractivity contribution < 1.29 is 17.6 Å². The second kappa shape index (κ2) is 11.0. The Kier molecular flexibility index (Phi) is 7.78. The van der Waals surface area contributed by atoms with Crippen LogP contribution in [0.1, 0.15) is 29.8 Å². The maximum atomic E-state index is 14.1. The molecular formula is C27H29ClFN5O3S2. The van der Waals surface area contributed by atoms with Crippen LogP contribution in [-0.4, -0.2) is 53.0 Å². The molecule has 39 heavy (non-hydrogen) atoms. The van der Waals surface area contributed by atoms with Crippen LogP contribution >= 0.6 is 22.9 Å². The molecular weight excluding hydrogens is 561 g/mol. The van der Waals surface area contributed by atoms with Crippen LogP contribution in [0.25, 0.3) is 10.2 Å². The lowest BCUT2D eigenvalue weighted by molar-refractivity contribution is -0.123. The third-order valence-electron chi connectivity index (χ3n) is 7.06. The predicted octanol–water partition coefficient (Wildman–Crippen LogP) is 5.34. The maximum absolute atomic E-state index is 14.1. The summed E-state index contributed by atoms with van der Waals surface area (Å²) in [5.74, 6) is -1.24. The Labute approximate surface area is 236 Å². The highest BCUT2D eigenvalue weighted by Crippen LogP contribution is 2.35. The van der Waals surface area contributed by atoms with Crippen molar-refractivity contribution >= 4 is 54.2 Å². The van der Waals surface area contributed by atoms with Crippen molar-refractivity contribution in [2.75, 3.05) is 24.5 Å². The van der Waals surface area contributed by atoms with Crippen molar-refractivity contribution in [3.05, 3.63) is 70.3 Å². The largest absolute Gasteiger partial charge is 0.286 e. The van der Waals surface area contributed by atoms with E-state index in [-0.39, 0.29) is 17.3 Å². The number of carbonyl (C=O) groups is 1. The summed E-state index contributed by atoms with van der Waals surface area (Å²) < 4.78 is 44.1. The Morgan fingerprint density at radius 3 is 2.62 bits per heavy atom. The topological polar surface area (TPSA) is 88.4 Å². The lowest BCUT2D eigenvalue weighted by atomic mass is 9.98. The molecule has 1 fully saturated rings. The number of carbonyl (C=O) groups excluding carboxylic acids is 1. The minimum Gasteiger partial charge on any atom is -0.286 e. The lowest BCUT2D eigenvalue weighted by Crippen LogP contribution is -2.47. The van der Waals surface area contributed by atoms with Crippen LogP contribution in [0.15, 0.2) is 47.4 Å². The molecule has 1 atom stereocenters. The quantitative estimate of drug-likeness (QED) is 0.290. The van der Waals surface area contributed by atoms with Gasteiger partial charge in [-0.3, -0.25) is 14.4 Å². The van der Waals surface area contributed by atoms with Gasteiger partial charge >= 0.3 is 0 Å². The number of aromatic nitrogens is 3. The molecule has 0 radical (unpaired) electrons. The molecule has 2 aromatic carbocycles. The van der Waals surface area contributed by atoms with E-state index in [0.717, 1.165) is 39.3 Å². The molecule has 12 heteroatoms. The van der Waals surface area contributed by atoms with Crippen LogP contribution in [0.2, 0.25) is 5.02 Å². The van der Waals surface area contributed by atoms with Crippen molar-refractivity contribution in [3.63, 3.8) is 0 Å². The second-order valence-corrected chi connectivity index (χ2v) is 13.2. The molecule has 2 aromatic heterocycles. The van der Waals surface area contributed by atoms with E-state index in [1.807, 2.05) is 43.7 Å². The van der Waals surface area contributed by atoms with E-state index in [0.29, 0.717) is 42.6 Å². The van der Waals surface area contributed by atoms with Crippen molar-refractivity contribution in [1.29, 1.82) is 0 Å². The number of rotatable bonds is 7. The molecule has 0 bridgehead atoms. The number of piperidine rings is 1. The highest BCUT2D eigenvalue weighted by molar-refractivity contribution is 7.89. The van der Waals surface area contributed by atoms with Crippen molar-refractivity contribution in [2.24, 2.45) is 5.92 Å². The van der Waals surface area contributed by atoms with Gasteiger partial charge in [-0.05, 0) is 81.6 Å². The van der Waals surface area contributed by atoms with Crippen LogP contribution in [0.5, 0.6) is 0 Å². The molecule has 8 nitrogen and oxygen atoms in total. The summed E-state index contributed by atoms with van der Waals surface area (Å²) in [5.41, 5.74) is 3.47. The van der Waals surface area contributed by atoms with Gasteiger partial charge in [-0.2, -0.15) is 9.40 Å². The summed E-state index contributed by atoms with van der Waals surface area (Å²) in [6, 6.07) is 10.5. The number of thiazole rings is 1. The molecule has 1 aliphatic heterocycles. The first-order valence-corrected chi connectivity index (χ1v) is 15.3. The van der Waals surface area contributed by atoms with Gasteiger partial charge in [-0.15, -0.1) is 0 Å². The van der Waals surface area contributed by atoms with Gasteiger partial charge in [0, 0.05) is 30.4 Å². The first-order chi connectivity index (χ1) is 18.5. The van der Waals surface area contributed by atoms with Crippen LogP contribution in [-0.2, 0) is 21.4 Å². The molecule has 206 valence electrons. The Morgan fingerprint density at radius 2 is 1.92 bits per heavy atom. The van der Waals surface area contributed by atoms with Gasteiger partial charge in [-0.1, -0.05) is 22.9 Å². The first kappa shape index (κ1) is 27.7. The van der Waals surface area contributed by atoms with Crippen molar-refractivity contribution in [1.82, 2.24) is 19.1 Å². The van der Waals surface area contributed by atoms with Gasteiger partial charge in [0.15, 0.2) is 5.13 Å². The minimum absolute atomic E-state index is 0.0110. The maximum Gasteiger partial charge on any atom is 0.243 e. The lowest BCUT2D eigenvalue weighted by Gasteiger charge is -2.33. The molecule has 0 aliphatic carbocycles. The normalized spacial score (nSPS) is 16.6. The number of halogens is 2. The molecule has 0 N–H and O–H groups in total. The standard InChI is InChI=1S/C27H29ClFN5O3S2/c1-17-15-18(2)34(31-17)14-13-33(27-30-25-19(3)23(28)10-11-24(25)38-27)26(35)20-5-4-12-32(16-20)39(36,37)22-8-6-21(29)7-9-22/h6-11,15,20H,4-5,12-14,16H2,1-3H3. The second-order valence-electron chi connectivity index (χ2n) is 9.81. The molecule has 3 heterocycles. The van der Waals surface area contributed by atoms with Gasteiger partial charge in [0.1, 0.15) is 5.82 Å². The van der Waals surface area contributed by atoms with E-state index in [1.165, 1.54) is 27.8 Å². The first-order valence-electron chi connectivity index (χ1n) is 12.7. The van der Waals surface area contributed by atoms with E-state index >= 15 is 0 Å². The Morgan fingerprint density at radius 1 is 1.18 bits per heavy atom. The molecule has 0 spiro atoms. The summed E-state index contributed by atoms with van der Waals surface area (Å²) in [7, 11) is -3.87. The number of anilines is 1. The minimum atomic E-state index is -3.87. The fourth-order valence-electron chi connectivity index (χ4n) is 4.94. The van der Waals surface area contributed by atoms with Crippen LogP contribution in [0.4, 0.5) is 9.52 Å². The summed E-state index contributed by atoms with van der Waals surface area (Å²) in [6.07, 6.45) is 1.09. The van der Waals surface area contributed by atoms with Crippen LogP contribution in [0.3, 0.4) is 0 Å². The summed E-state index contributed by atoms with van der Waals surface area (Å²) >= 11 is 7.74. The van der Waals surface area contributed by atoms with E-state index in [1.54, 1.807) is 4.90 Å². The number of aryl methyl sites for hydroxylation is 3. The van der Waals surface area contributed by atoms with E-state index in [2.05, 4.69) is 5.10 Å². The fraction of sp³-hybridized carbons (Fsp3) is 0.370. The molecule has 1 unspecified atom stereocenters. The Hall–Kier alpha value is -2.86. The highest BCUT2D eigenvalue weighted by atomic mass is 35.5. The average Bonchev–Trinajstić information content (AvgIpc) is 3.49. The fourth-order valence-corrected chi connectivity index (χ4v) is 7.67. The van der Waals surface area contributed by atoms with Gasteiger partial charge in [0.25, 0.3) is 0 Å². The number of amides is 1. The monoisotopic (exact) mass is 589 g/mol. The number of benzene rings is 2. The average molecular weight is 590 g/mol. The number of sulfonamides is 1. The highest BCUT2D eigenvalue weighted by Gasteiger charge is 2.36. The molecule has 0 saturated carbocycles. The number of hydrogen-bond acceptors (Lipinski definition) is 6. The molecule has 1 aliphatic rings. The Balaban J connectivity index is 1.45. The number of hydrogen-bond donors (Lipinski definition) is 0. The van der Waals surface area contributed by atoms with E-state index in [9.17, 15) is 17.6 Å². The molecule has 1 saturated heterocycles. The molecule has 4 aromatic rings. The third kappa shape index (κ3) is 5.58. The van der Waals surface area contributed by atoms with Crippen molar-refractivity contribution in [2.45, 2.75) is 45.1 Å². The van der Waals surface area contributed by atoms with Crippen LogP contribution < -0.4 is 4.90 Å². The Bertz CT molecular complexity index is 1640. The van der Waals surface area contributed by atoms with Gasteiger partial charge in [-0.25, -0.2) is 17.8 Å². The SMILES string of the molecule is Cc1cc(C)n(CCN(C(=O)C2CCCN(S(=O)(=O)c3ccc(F)cc3)C2)c2nc3c(C)c(Cl)ccc3s2)n1. The summed E-state index contributed by atoms with van der Waals surface area (Å²) in [4.78, 5) is 20.5. The zero-order valence-electron chi connectivity index (χ0n) is 21.9. The summed E-state index contributed by atoms with van der Waals surface area (Å²) in [5, 5.41) is 5.68. The number of fused-ring (bicyclic) bond motifs is 1. The molecule has 1 amide bonds. The van der Waals surface area contributed by atoms with E-state index in [4.69, 9.17) is 16.6 Å². The predicted molar refractivity (Wildman–Crippen MR) is 151 cm³/mol. The molecule has 5 rings (SSSR count). The zero-order chi connectivity index (χ0) is 27.9. The van der Waals surface area contributed by atoms with Gasteiger partial charge < -0.3 is 0 Å². The van der Waals surface area contributed by atoms with Gasteiger partial charge in [0.05, 0.1) is 33.3 Å². The third-order valence-corrected chi connectivity index (χ3v) is 10.4. The smallest absolute Gasteiger partial charge is 0.243 e. The van der Waals surface area contributed by atoms with Crippen molar-refractivity contribution in [3.8, 4) is 0 Å². The van der Waals surface area contributed by atoms with Gasteiger partial charge in [0.2, 0.25) is 15.9 Å². The number of nitrogens with zero attached hydrogens (tertiary/aromatic N) is 5. The summed E-state index contributed by atoms with van der Waals surface area (Å²) in [6.45, 7) is 6.92. The van der Waals surface area contributed by atoms with Crippen LogP contribution in [0, 0.1) is 32.5 Å². The zero-order valence-corrected chi connectivity index (χ0v) is 24.3.